The van der Waals surface area contributed by atoms with Gasteiger partial charge in [-0.2, -0.15) is 5.26 Å². The lowest BCUT2D eigenvalue weighted by atomic mass is 9.70. The number of nitrogens with zero attached hydrogens (tertiary/aromatic N) is 3. The number of amides is 1. The van der Waals surface area contributed by atoms with E-state index in [1.807, 2.05) is 17.0 Å². The number of benzene rings is 2. The Hall–Kier alpha value is -3.67. The molecular weight excluding hydrogens is 514 g/mol. The average Bonchev–Trinajstić information content (AvgIpc) is 3.39. The number of fused-ring (bicyclic) bond motifs is 4. The summed E-state index contributed by atoms with van der Waals surface area (Å²) in [6.45, 7) is 11.4. The van der Waals surface area contributed by atoms with Gasteiger partial charge in [0.05, 0.1) is 17.2 Å². The summed E-state index contributed by atoms with van der Waals surface area (Å²) in [4.78, 5) is 34.6. The molecular formula is C33H41N5O3. The number of ketones is 1. The maximum atomic E-state index is 13.9. The molecule has 0 unspecified atom stereocenters. The molecule has 0 radical (unpaired) electrons. The molecule has 0 atom stereocenters. The van der Waals surface area contributed by atoms with Crippen LogP contribution in [0.2, 0.25) is 0 Å². The first-order chi connectivity index (χ1) is 19.8. The third-order valence-corrected chi connectivity index (χ3v) is 8.69. The number of ether oxygens (including phenoxy) is 1. The normalized spacial score (nSPS) is 16.0. The van der Waals surface area contributed by atoms with Gasteiger partial charge in [0.15, 0.2) is 5.78 Å². The molecule has 3 aromatic rings. The van der Waals surface area contributed by atoms with E-state index in [9.17, 15) is 14.9 Å². The number of piperazine rings is 1. The summed E-state index contributed by atoms with van der Waals surface area (Å²) in [5.74, 6) is 0.247. The highest BCUT2D eigenvalue weighted by Gasteiger charge is 2.40. The van der Waals surface area contributed by atoms with Crippen molar-refractivity contribution in [3.05, 3.63) is 63.8 Å². The van der Waals surface area contributed by atoms with Gasteiger partial charge >= 0.3 is 0 Å². The predicted molar refractivity (Wildman–Crippen MR) is 162 cm³/mol. The third-order valence-electron chi connectivity index (χ3n) is 8.69. The van der Waals surface area contributed by atoms with E-state index in [1.165, 1.54) is 0 Å². The zero-order valence-corrected chi connectivity index (χ0v) is 24.5. The Kier molecular flexibility index (Phi) is 8.48. The molecule has 2 heterocycles. The van der Waals surface area contributed by atoms with Crippen molar-refractivity contribution in [3.8, 4) is 6.07 Å². The molecule has 216 valence electrons. The Morgan fingerprint density at radius 1 is 1.10 bits per heavy atom. The molecule has 1 amide bonds. The van der Waals surface area contributed by atoms with Crippen LogP contribution in [0, 0.1) is 11.3 Å². The molecule has 1 aliphatic heterocycles. The van der Waals surface area contributed by atoms with E-state index in [1.54, 1.807) is 6.07 Å². The van der Waals surface area contributed by atoms with Crippen LogP contribution < -0.4 is 10.6 Å². The van der Waals surface area contributed by atoms with Gasteiger partial charge in [-0.15, -0.1) is 0 Å². The van der Waals surface area contributed by atoms with Gasteiger partial charge in [-0.25, -0.2) is 0 Å². The second-order valence-electron chi connectivity index (χ2n) is 11.7. The lowest BCUT2D eigenvalue weighted by Gasteiger charge is -2.39. The molecule has 8 heteroatoms. The summed E-state index contributed by atoms with van der Waals surface area (Å²) >= 11 is 0. The van der Waals surface area contributed by atoms with Crippen LogP contribution in [0.5, 0.6) is 0 Å². The van der Waals surface area contributed by atoms with Crippen LogP contribution >= 0.6 is 0 Å². The summed E-state index contributed by atoms with van der Waals surface area (Å²) in [6.07, 6.45) is 3.96. The zero-order valence-electron chi connectivity index (χ0n) is 24.5. The van der Waals surface area contributed by atoms with Gasteiger partial charge in [0.1, 0.15) is 0 Å². The number of nitrogens with one attached hydrogen (secondary N) is 1. The summed E-state index contributed by atoms with van der Waals surface area (Å²) in [5.41, 5.74) is 12.1. The van der Waals surface area contributed by atoms with Crippen molar-refractivity contribution in [1.82, 2.24) is 9.88 Å². The van der Waals surface area contributed by atoms with Crippen molar-refractivity contribution in [2.45, 2.75) is 58.3 Å². The molecule has 2 aliphatic rings. The van der Waals surface area contributed by atoms with Crippen LogP contribution in [0.25, 0.3) is 10.9 Å². The minimum Gasteiger partial charge on any atom is -0.381 e. The quantitative estimate of drug-likeness (QED) is 0.352. The molecule has 0 bridgehead atoms. The number of aryl methyl sites for hydroxylation is 1. The van der Waals surface area contributed by atoms with Crippen molar-refractivity contribution < 1.29 is 14.3 Å². The smallest absolute Gasteiger partial charge is 0.222 e. The molecule has 0 spiro atoms. The van der Waals surface area contributed by atoms with Crippen LogP contribution in [0.15, 0.2) is 30.3 Å². The Bertz CT molecular complexity index is 1490. The summed E-state index contributed by atoms with van der Waals surface area (Å²) in [7, 11) is 0. The molecule has 1 aromatic heterocycles. The Labute approximate surface area is 242 Å². The van der Waals surface area contributed by atoms with Crippen LogP contribution in [0.1, 0.15) is 84.8 Å². The molecule has 1 fully saturated rings. The Morgan fingerprint density at radius 2 is 1.85 bits per heavy atom. The van der Waals surface area contributed by atoms with Gasteiger partial charge in [0, 0.05) is 79.1 Å². The van der Waals surface area contributed by atoms with E-state index >= 15 is 0 Å². The first kappa shape index (κ1) is 28.8. The fraction of sp³-hybridized carbons (Fsp3) is 0.485. The lowest BCUT2D eigenvalue weighted by molar-refractivity contribution is -0.131. The highest BCUT2D eigenvalue weighted by Crippen LogP contribution is 2.45. The van der Waals surface area contributed by atoms with Crippen molar-refractivity contribution in [3.63, 3.8) is 0 Å². The fourth-order valence-corrected chi connectivity index (χ4v) is 6.28. The minimum atomic E-state index is -0.419. The van der Waals surface area contributed by atoms with E-state index in [4.69, 9.17) is 10.5 Å². The van der Waals surface area contributed by atoms with E-state index in [0.29, 0.717) is 50.4 Å². The predicted octanol–water partition coefficient (Wildman–Crippen LogP) is 4.66. The van der Waals surface area contributed by atoms with E-state index in [0.717, 1.165) is 77.7 Å². The first-order valence-corrected chi connectivity index (χ1v) is 14.9. The van der Waals surface area contributed by atoms with Gasteiger partial charge in [-0.05, 0) is 67.6 Å². The number of unbranched alkanes of at least 4 members (excludes halogenated alkanes) is 1. The van der Waals surface area contributed by atoms with Crippen LogP contribution in [-0.2, 0) is 21.4 Å². The fourth-order valence-electron chi connectivity index (χ4n) is 6.28. The monoisotopic (exact) mass is 555 g/mol. The van der Waals surface area contributed by atoms with Gasteiger partial charge in [0.2, 0.25) is 5.91 Å². The van der Waals surface area contributed by atoms with Crippen molar-refractivity contribution in [2.24, 2.45) is 5.73 Å². The van der Waals surface area contributed by atoms with Gasteiger partial charge in [-0.3, -0.25) is 9.59 Å². The van der Waals surface area contributed by atoms with E-state index in [2.05, 4.69) is 48.9 Å². The molecule has 1 aliphatic carbocycles. The molecule has 5 rings (SSSR count). The van der Waals surface area contributed by atoms with Crippen LogP contribution in [0.3, 0.4) is 0 Å². The number of rotatable bonds is 10. The van der Waals surface area contributed by atoms with Crippen molar-refractivity contribution >= 4 is 28.3 Å². The van der Waals surface area contributed by atoms with E-state index in [-0.39, 0.29) is 11.7 Å². The first-order valence-electron chi connectivity index (χ1n) is 14.9. The number of anilines is 1. The Balaban J connectivity index is 1.32. The number of hydrogen-bond donors (Lipinski definition) is 2. The zero-order chi connectivity index (χ0) is 29.1. The number of hydrogen-bond acceptors (Lipinski definition) is 6. The molecule has 0 saturated carbocycles. The number of carbonyl (C=O) groups is 2. The number of aromatic nitrogens is 1. The Morgan fingerprint density at radius 3 is 2.56 bits per heavy atom. The standard InChI is InChI=1S/C33H41N5O3/c1-4-23-19-25-26(33(2,3)32-30(31(25)40)24-10-9-22(21-35)18-27(24)36-32)20-28(23)37-12-14-38(15-13-37)29(39)8-5-6-16-41-17-7-11-34/h9-10,18-20,36H,4-8,11-17,34H2,1-3H3. The van der Waals surface area contributed by atoms with Gasteiger partial charge in [-0.1, -0.05) is 26.8 Å². The van der Waals surface area contributed by atoms with Crippen molar-refractivity contribution in [2.75, 3.05) is 50.8 Å². The molecule has 2 aromatic carbocycles. The largest absolute Gasteiger partial charge is 0.381 e. The molecule has 8 nitrogen and oxygen atoms in total. The average molecular weight is 556 g/mol. The van der Waals surface area contributed by atoms with Crippen LogP contribution in [0.4, 0.5) is 5.69 Å². The topological polar surface area (TPSA) is 115 Å². The SMILES string of the molecule is CCc1cc2c(cc1N1CCN(C(=O)CCCCOCCCN)CC1)C(C)(C)c1[nH]c3cc(C#N)ccc3c1C2=O. The number of nitriles is 1. The number of nitrogens with two attached hydrogens (primary N) is 1. The molecule has 41 heavy (non-hydrogen) atoms. The maximum absolute atomic E-state index is 13.9. The molecule has 3 N–H and O–H groups in total. The van der Waals surface area contributed by atoms with Gasteiger partial charge in [0.25, 0.3) is 0 Å². The lowest BCUT2D eigenvalue weighted by Crippen LogP contribution is -2.49. The maximum Gasteiger partial charge on any atom is 0.222 e. The number of carbonyl (C=O) groups excluding carboxylic acids is 2. The summed E-state index contributed by atoms with van der Waals surface area (Å²) < 4.78 is 5.54. The third kappa shape index (κ3) is 5.49. The second-order valence-corrected chi connectivity index (χ2v) is 11.7. The van der Waals surface area contributed by atoms with Gasteiger partial charge < -0.3 is 25.3 Å². The number of aromatic amines is 1. The number of H-pyrrole nitrogens is 1. The highest BCUT2D eigenvalue weighted by atomic mass is 16.5. The highest BCUT2D eigenvalue weighted by molar-refractivity contribution is 6.20. The van der Waals surface area contributed by atoms with Crippen LogP contribution in [-0.4, -0.2) is 67.5 Å². The minimum absolute atomic E-state index is 0.0340. The molecule has 1 saturated heterocycles. The summed E-state index contributed by atoms with van der Waals surface area (Å²) in [5, 5.41) is 10.2. The second kappa shape index (κ2) is 12.1. The van der Waals surface area contributed by atoms with E-state index < -0.39 is 5.41 Å². The van der Waals surface area contributed by atoms with Crippen molar-refractivity contribution in [1.29, 1.82) is 5.26 Å². The summed E-state index contributed by atoms with van der Waals surface area (Å²) in [6, 6.07) is 12.0.